The fraction of sp³-hybridized carbons (Fsp3) is 0.353. The quantitative estimate of drug-likeness (QED) is 0.860. The molecule has 0 radical (unpaired) electrons. The lowest BCUT2D eigenvalue weighted by atomic mass is 9.98. The van der Waals surface area contributed by atoms with Gasteiger partial charge in [-0.05, 0) is 48.6 Å². The number of fused-ring (bicyclic) bond motifs is 1. The Kier molecular flexibility index (Phi) is 2.77. The number of hydrogen-bond acceptors (Lipinski definition) is 2. The first-order valence-corrected chi connectivity index (χ1v) is 7.56. The Bertz CT molecular complexity index is 700. The molecule has 1 aliphatic heterocycles. The van der Waals surface area contributed by atoms with Crippen LogP contribution >= 0.6 is 0 Å². The Balaban J connectivity index is 1.61. The van der Waals surface area contributed by atoms with Crippen LogP contribution in [0.25, 0.3) is 0 Å². The molecule has 0 spiro atoms. The average molecular weight is 281 g/mol. The minimum atomic E-state index is 0.126. The number of amides is 1. The van der Waals surface area contributed by atoms with Crippen molar-refractivity contribution < 1.29 is 4.79 Å². The van der Waals surface area contributed by atoms with E-state index < -0.39 is 0 Å². The SMILES string of the molecule is Nc1cccc2c1CN(C(=O)c1cccn1C1CC1)CC2. The van der Waals surface area contributed by atoms with Crippen LogP contribution < -0.4 is 5.73 Å². The maximum absolute atomic E-state index is 12.8. The van der Waals surface area contributed by atoms with Gasteiger partial charge in [0.2, 0.25) is 0 Å². The third-order valence-electron chi connectivity index (χ3n) is 4.53. The minimum absolute atomic E-state index is 0.126. The number of benzene rings is 1. The highest BCUT2D eigenvalue weighted by Crippen LogP contribution is 2.36. The lowest BCUT2D eigenvalue weighted by molar-refractivity contribution is 0.0724. The van der Waals surface area contributed by atoms with Crippen molar-refractivity contribution in [3.63, 3.8) is 0 Å². The van der Waals surface area contributed by atoms with E-state index in [0.29, 0.717) is 12.6 Å². The first kappa shape index (κ1) is 12.5. The maximum Gasteiger partial charge on any atom is 0.270 e. The smallest absolute Gasteiger partial charge is 0.270 e. The van der Waals surface area contributed by atoms with Gasteiger partial charge < -0.3 is 15.2 Å². The Labute approximate surface area is 124 Å². The predicted molar refractivity (Wildman–Crippen MR) is 82.0 cm³/mol. The zero-order valence-corrected chi connectivity index (χ0v) is 12.0. The van der Waals surface area contributed by atoms with Crippen molar-refractivity contribution in [3.05, 3.63) is 53.3 Å². The van der Waals surface area contributed by atoms with E-state index in [2.05, 4.69) is 10.6 Å². The lowest BCUT2D eigenvalue weighted by Gasteiger charge is -2.30. The zero-order chi connectivity index (χ0) is 14.4. The molecule has 0 atom stereocenters. The van der Waals surface area contributed by atoms with E-state index in [-0.39, 0.29) is 5.91 Å². The van der Waals surface area contributed by atoms with Crippen molar-refractivity contribution in [3.8, 4) is 0 Å². The Morgan fingerprint density at radius 2 is 2.05 bits per heavy atom. The van der Waals surface area contributed by atoms with Gasteiger partial charge in [0.25, 0.3) is 5.91 Å². The van der Waals surface area contributed by atoms with Crippen LogP contribution in [0.5, 0.6) is 0 Å². The van der Waals surface area contributed by atoms with Crippen molar-refractivity contribution >= 4 is 11.6 Å². The van der Waals surface area contributed by atoms with Crippen molar-refractivity contribution in [2.45, 2.75) is 31.8 Å². The summed E-state index contributed by atoms with van der Waals surface area (Å²) in [4.78, 5) is 14.7. The molecule has 1 saturated carbocycles. The zero-order valence-electron chi connectivity index (χ0n) is 12.0. The third-order valence-corrected chi connectivity index (χ3v) is 4.53. The van der Waals surface area contributed by atoms with Crippen LogP contribution in [0.3, 0.4) is 0 Å². The largest absolute Gasteiger partial charge is 0.398 e. The first-order chi connectivity index (χ1) is 10.2. The average Bonchev–Trinajstić information content (AvgIpc) is 3.24. The van der Waals surface area contributed by atoms with Gasteiger partial charge in [-0.1, -0.05) is 12.1 Å². The van der Waals surface area contributed by atoms with Crippen molar-refractivity contribution in [1.29, 1.82) is 0 Å². The van der Waals surface area contributed by atoms with Gasteiger partial charge >= 0.3 is 0 Å². The summed E-state index contributed by atoms with van der Waals surface area (Å²) < 4.78 is 2.13. The fourth-order valence-electron chi connectivity index (χ4n) is 3.19. The van der Waals surface area contributed by atoms with Crippen molar-refractivity contribution in [1.82, 2.24) is 9.47 Å². The van der Waals surface area contributed by atoms with Crippen LogP contribution in [0.2, 0.25) is 0 Å². The van der Waals surface area contributed by atoms with Crippen LogP contribution in [0.4, 0.5) is 5.69 Å². The molecule has 4 heteroatoms. The monoisotopic (exact) mass is 281 g/mol. The van der Waals surface area contributed by atoms with Crippen LogP contribution in [0.15, 0.2) is 36.5 Å². The summed E-state index contributed by atoms with van der Waals surface area (Å²) in [5.74, 6) is 0.126. The van der Waals surface area contributed by atoms with Gasteiger partial charge in [-0.25, -0.2) is 0 Å². The summed E-state index contributed by atoms with van der Waals surface area (Å²) in [6.45, 7) is 1.39. The number of nitrogens with two attached hydrogens (primary N) is 1. The van der Waals surface area contributed by atoms with E-state index in [1.165, 1.54) is 18.4 Å². The molecular weight excluding hydrogens is 262 g/mol. The highest BCUT2D eigenvalue weighted by molar-refractivity contribution is 5.93. The molecule has 1 aliphatic carbocycles. The van der Waals surface area contributed by atoms with Crippen molar-refractivity contribution in [2.75, 3.05) is 12.3 Å². The highest BCUT2D eigenvalue weighted by Gasteiger charge is 2.30. The molecule has 4 rings (SSSR count). The molecule has 1 fully saturated rings. The predicted octanol–water partition coefficient (Wildman–Crippen LogP) is 2.60. The van der Waals surface area contributed by atoms with Gasteiger partial charge in [0.05, 0.1) is 0 Å². The molecule has 1 amide bonds. The van der Waals surface area contributed by atoms with Crippen LogP contribution in [0, 0.1) is 0 Å². The summed E-state index contributed by atoms with van der Waals surface area (Å²) in [6, 6.07) is 10.5. The molecule has 2 heterocycles. The first-order valence-electron chi connectivity index (χ1n) is 7.56. The molecule has 0 bridgehead atoms. The molecular formula is C17H19N3O. The molecule has 2 N–H and O–H groups in total. The Morgan fingerprint density at radius 1 is 1.19 bits per heavy atom. The molecule has 2 aromatic rings. The number of aromatic nitrogens is 1. The van der Waals surface area contributed by atoms with Gasteiger partial charge in [0, 0.05) is 31.0 Å². The summed E-state index contributed by atoms with van der Waals surface area (Å²) in [5.41, 5.74) is 10.1. The van der Waals surface area contributed by atoms with E-state index in [9.17, 15) is 4.79 Å². The van der Waals surface area contributed by atoms with Crippen LogP contribution in [0.1, 0.15) is 40.5 Å². The normalized spacial score (nSPS) is 17.6. The van der Waals surface area contributed by atoms with E-state index in [4.69, 9.17) is 5.73 Å². The number of nitrogens with zero attached hydrogens (tertiary/aromatic N) is 2. The topological polar surface area (TPSA) is 51.3 Å². The highest BCUT2D eigenvalue weighted by atomic mass is 16.2. The molecule has 1 aromatic carbocycles. The second kappa shape index (κ2) is 4.65. The number of rotatable bonds is 2. The second-order valence-corrected chi connectivity index (χ2v) is 5.99. The number of carbonyl (C=O) groups is 1. The van der Waals surface area contributed by atoms with Crippen LogP contribution in [-0.2, 0) is 13.0 Å². The Hall–Kier alpha value is -2.23. The second-order valence-electron chi connectivity index (χ2n) is 5.99. The standard InChI is InChI=1S/C17H19N3O/c18-15-4-1-3-12-8-10-19(11-14(12)15)17(21)16-5-2-9-20(16)13-6-7-13/h1-5,9,13H,6-8,10-11,18H2. The van der Waals surface area contributed by atoms with E-state index in [1.54, 1.807) is 0 Å². The van der Waals surface area contributed by atoms with Crippen molar-refractivity contribution in [2.24, 2.45) is 0 Å². The molecule has 1 aromatic heterocycles. The van der Waals surface area contributed by atoms with Gasteiger partial charge in [-0.3, -0.25) is 4.79 Å². The molecule has 2 aliphatic rings. The van der Waals surface area contributed by atoms with Gasteiger partial charge in [-0.2, -0.15) is 0 Å². The third kappa shape index (κ3) is 2.11. The molecule has 21 heavy (non-hydrogen) atoms. The van der Waals surface area contributed by atoms with Gasteiger partial charge in [0.1, 0.15) is 5.69 Å². The van der Waals surface area contributed by atoms with Crippen LogP contribution in [-0.4, -0.2) is 21.9 Å². The summed E-state index contributed by atoms with van der Waals surface area (Å²) in [5, 5.41) is 0. The maximum atomic E-state index is 12.8. The minimum Gasteiger partial charge on any atom is -0.398 e. The number of nitrogen functional groups attached to an aromatic ring is 1. The molecule has 0 unspecified atom stereocenters. The van der Waals surface area contributed by atoms with E-state index in [1.807, 2.05) is 35.4 Å². The van der Waals surface area contributed by atoms with E-state index >= 15 is 0 Å². The van der Waals surface area contributed by atoms with Gasteiger partial charge in [-0.15, -0.1) is 0 Å². The fourth-order valence-corrected chi connectivity index (χ4v) is 3.19. The molecule has 4 nitrogen and oxygen atoms in total. The summed E-state index contributed by atoms with van der Waals surface area (Å²) in [6.07, 6.45) is 5.28. The summed E-state index contributed by atoms with van der Waals surface area (Å²) in [7, 11) is 0. The summed E-state index contributed by atoms with van der Waals surface area (Å²) >= 11 is 0. The number of anilines is 1. The lowest BCUT2D eigenvalue weighted by Crippen LogP contribution is -2.37. The van der Waals surface area contributed by atoms with E-state index in [0.717, 1.165) is 29.9 Å². The molecule has 0 saturated heterocycles. The van der Waals surface area contributed by atoms with Gasteiger partial charge in [0.15, 0.2) is 0 Å². The Morgan fingerprint density at radius 3 is 2.86 bits per heavy atom. The molecule has 108 valence electrons. The number of carbonyl (C=O) groups excluding carboxylic acids is 1. The number of hydrogen-bond donors (Lipinski definition) is 1.